The molecule has 0 aliphatic heterocycles. The summed E-state index contributed by atoms with van der Waals surface area (Å²) in [6, 6.07) is 0. The van der Waals surface area contributed by atoms with Crippen molar-refractivity contribution < 1.29 is 19.8 Å². The predicted octanol–water partition coefficient (Wildman–Crippen LogP) is 3.22. The molecule has 1 aliphatic carbocycles. The van der Waals surface area contributed by atoms with Gasteiger partial charge in [-0.25, -0.2) is 0 Å². The highest BCUT2D eigenvalue weighted by atomic mass is 16.3. The molecule has 0 unspecified atom stereocenters. The van der Waals surface area contributed by atoms with Crippen LogP contribution in [0.25, 0.3) is 0 Å². The summed E-state index contributed by atoms with van der Waals surface area (Å²) in [5.41, 5.74) is 1.76. The van der Waals surface area contributed by atoms with Gasteiger partial charge in [0.25, 0.3) is 0 Å². The summed E-state index contributed by atoms with van der Waals surface area (Å²) >= 11 is 0. The molecule has 4 nitrogen and oxygen atoms in total. The van der Waals surface area contributed by atoms with E-state index in [2.05, 4.69) is 0 Å². The Labute approximate surface area is 145 Å². The lowest BCUT2D eigenvalue weighted by molar-refractivity contribution is -0.128. The summed E-state index contributed by atoms with van der Waals surface area (Å²) in [6.45, 7) is 7.56. The van der Waals surface area contributed by atoms with E-state index in [0.717, 1.165) is 18.4 Å². The maximum atomic E-state index is 12.6. The molecule has 24 heavy (non-hydrogen) atoms. The van der Waals surface area contributed by atoms with Gasteiger partial charge in [-0.15, -0.1) is 0 Å². The Morgan fingerprint density at radius 1 is 1.17 bits per heavy atom. The van der Waals surface area contributed by atoms with Crippen molar-refractivity contribution in [2.45, 2.75) is 65.9 Å². The molecule has 0 aromatic carbocycles. The lowest BCUT2D eigenvalue weighted by Crippen LogP contribution is -2.31. The van der Waals surface area contributed by atoms with Crippen LogP contribution in [0.1, 0.15) is 59.8 Å². The molecule has 0 radical (unpaired) electrons. The van der Waals surface area contributed by atoms with E-state index in [-0.39, 0.29) is 35.9 Å². The van der Waals surface area contributed by atoms with E-state index in [1.807, 2.05) is 32.9 Å². The van der Waals surface area contributed by atoms with Gasteiger partial charge in [-0.2, -0.15) is 0 Å². The van der Waals surface area contributed by atoms with Crippen LogP contribution in [0.15, 0.2) is 23.3 Å². The predicted molar refractivity (Wildman–Crippen MR) is 95.5 cm³/mol. The Kier molecular flexibility index (Phi) is 8.57. The van der Waals surface area contributed by atoms with Crippen LogP contribution >= 0.6 is 0 Å². The van der Waals surface area contributed by atoms with Crippen molar-refractivity contribution in [3.63, 3.8) is 0 Å². The van der Waals surface area contributed by atoms with E-state index < -0.39 is 6.10 Å². The molecule has 3 atom stereocenters. The van der Waals surface area contributed by atoms with Crippen LogP contribution in [0.3, 0.4) is 0 Å². The van der Waals surface area contributed by atoms with Crippen LogP contribution in [0.4, 0.5) is 0 Å². The normalized spacial score (nSPS) is 32.7. The second-order valence-electron chi connectivity index (χ2n) is 7.35. The minimum Gasteiger partial charge on any atom is -0.396 e. The van der Waals surface area contributed by atoms with Gasteiger partial charge in [-0.05, 0) is 44.4 Å². The second-order valence-corrected chi connectivity index (χ2v) is 7.35. The molecule has 2 N–H and O–H groups in total. The van der Waals surface area contributed by atoms with Gasteiger partial charge in [0.15, 0.2) is 5.78 Å². The summed E-state index contributed by atoms with van der Waals surface area (Å²) in [5.74, 6) is -0.790. The van der Waals surface area contributed by atoms with Crippen molar-refractivity contribution in [3.8, 4) is 0 Å². The van der Waals surface area contributed by atoms with Gasteiger partial charge in [-0.3, -0.25) is 9.59 Å². The molecule has 0 saturated carbocycles. The van der Waals surface area contributed by atoms with Gasteiger partial charge >= 0.3 is 0 Å². The van der Waals surface area contributed by atoms with Gasteiger partial charge in [0, 0.05) is 17.9 Å². The van der Waals surface area contributed by atoms with Crippen molar-refractivity contribution in [3.05, 3.63) is 23.3 Å². The van der Waals surface area contributed by atoms with E-state index in [4.69, 9.17) is 0 Å². The average Bonchev–Trinajstić information content (AvgIpc) is 2.54. The summed E-state index contributed by atoms with van der Waals surface area (Å²) in [7, 11) is 0. The average molecular weight is 336 g/mol. The third kappa shape index (κ3) is 5.99. The van der Waals surface area contributed by atoms with Crippen LogP contribution in [-0.2, 0) is 9.59 Å². The number of carbonyl (C=O) groups is 2. The van der Waals surface area contributed by atoms with E-state index in [1.54, 1.807) is 6.92 Å². The van der Waals surface area contributed by atoms with Crippen molar-refractivity contribution in [2.24, 2.45) is 17.8 Å². The molecular weight excluding hydrogens is 304 g/mol. The summed E-state index contributed by atoms with van der Waals surface area (Å²) in [5, 5.41) is 19.8. The zero-order valence-electron chi connectivity index (χ0n) is 15.4. The smallest absolute Gasteiger partial charge is 0.187 e. The van der Waals surface area contributed by atoms with Crippen LogP contribution in [-0.4, -0.2) is 34.5 Å². The number of Topliss-reactive ketones (excluding diaryl/α,β-unsaturated/α-hetero) is 2. The molecule has 0 heterocycles. The largest absolute Gasteiger partial charge is 0.396 e. The highest BCUT2D eigenvalue weighted by Crippen LogP contribution is 2.23. The summed E-state index contributed by atoms with van der Waals surface area (Å²) in [4.78, 5) is 24.9. The maximum Gasteiger partial charge on any atom is 0.187 e. The molecule has 1 aliphatic rings. The number of ketones is 2. The monoisotopic (exact) mass is 336 g/mol. The van der Waals surface area contributed by atoms with E-state index >= 15 is 0 Å². The Morgan fingerprint density at radius 2 is 1.83 bits per heavy atom. The number of allylic oxidation sites excluding steroid dienone is 3. The molecule has 0 aromatic rings. The topological polar surface area (TPSA) is 74.6 Å². The number of rotatable bonds is 2. The van der Waals surface area contributed by atoms with Crippen molar-refractivity contribution in [2.75, 3.05) is 6.61 Å². The Balaban J connectivity index is 3.08. The Hall–Kier alpha value is -1.26. The minimum absolute atomic E-state index is 0.0299. The van der Waals surface area contributed by atoms with Crippen molar-refractivity contribution in [1.29, 1.82) is 0 Å². The fourth-order valence-electron chi connectivity index (χ4n) is 3.02. The quantitative estimate of drug-likeness (QED) is 0.812. The number of hydrogen-bond donors (Lipinski definition) is 2. The highest BCUT2D eigenvalue weighted by molar-refractivity contribution is 5.99. The van der Waals surface area contributed by atoms with Crippen molar-refractivity contribution >= 4 is 11.6 Å². The standard InChI is InChI=1S/C20H32O4/c1-13(2)17-10-8-14(3)6-5-7-16(12-21)18(22)11-9-15(4)19(23)20(17)24/h8,10,13,15-16,19,21,23H,5-7,9,11-12H2,1-4H3/b14-8-,17-10-/t15-,16+,19+/m1/s1. The Morgan fingerprint density at radius 3 is 2.42 bits per heavy atom. The van der Waals surface area contributed by atoms with Crippen LogP contribution in [0.2, 0.25) is 0 Å². The molecule has 0 saturated heterocycles. The van der Waals surface area contributed by atoms with E-state index in [0.29, 0.717) is 24.8 Å². The molecule has 0 aromatic heterocycles. The number of aliphatic hydroxyl groups excluding tert-OH is 2. The van der Waals surface area contributed by atoms with Gasteiger partial charge < -0.3 is 10.2 Å². The van der Waals surface area contributed by atoms with Gasteiger partial charge in [-0.1, -0.05) is 38.5 Å². The molecule has 1 rings (SSSR count). The minimum atomic E-state index is -1.09. The second kappa shape index (κ2) is 9.90. The molecule has 136 valence electrons. The summed E-state index contributed by atoms with van der Waals surface area (Å²) < 4.78 is 0. The first-order valence-corrected chi connectivity index (χ1v) is 9.01. The van der Waals surface area contributed by atoms with Gasteiger partial charge in [0.1, 0.15) is 11.9 Å². The van der Waals surface area contributed by atoms with Crippen LogP contribution in [0.5, 0.6) is 0 Å². The molecule has 0 bridgehead atoms. The van der Waals surface area contributed by atoms with Gasteiger partial charge in [0.2, 0.25) is 0 Å². The first-order chi connectivity index (χ1) is 11.3. The number of carbonyl (C=O) groups excluding carboxylic acids is 2. The van der Waals surface area contributed by atoms with Gasteiger partial charge in [0.05, 0.1) is 6.61 Å². The molecule has 0 amide bonds. The highest BCUT2D eigenvalue weighted by Gasteiger charge is 2.28. The molecule has 0 spiro atoms. The maximum absolute atomic E-state index is 12.6. The fourth-order valence-corrected chi connectivity index (χ4v) is 3.02. The molecule has 0 fully saturated rings. The zero-order chi connectivity index (χ0) is 18.3. The lowest BCUT2D eigenvalue weighted by atomic mass is 9.85. The number of aliphatic hydroxyl groups is 2. The zero-order valence-corrected chi connectivity index (χ0v) is 15.4. The third-order valence-corrected chi connectivity index (χ3v) is 4.91. The SMILES string of the molecule is C/C1=C/C=C(/C(C)C)C(=O)[C@@H](O)[C@H](C)CCC(=O)[C@H](CO)CCC1. The van der Waals surface area contributed by atoms with Crippen molar-refractivity contribution in [1.82, 2.24) is 0 Å². The number of hydrogen-bond acceptors (Lipinski definition) is 4. The first kappa shape index (κ1) is 20.8. The van der Waals surface area contributed by atoms with Crippen LogP contribution < -0.4 is 0 Å². The van der Waals surface area contributed by atoms with E-state index in [1.165, 1.54) is 0 Å². The third-order valence-electron chi connectivity index (χ3n) is 4.91. The fraction of sp³-hybridized carbons (Fsp3) is 0.700. The van der Waals surface area contributed by atoms with Crippen LogP contribution in [0, 0.1) is 17.8 Å². The first-order valence-electron chi connectivity index (χ1n) is 9.01. The van der Waals surface area contributed by atoms with E-state index in [9.17, 15) is 19.8 Å². The molecule has 4 heteroatoms. The lowest BCUT2D eigenvalue weighted by Gasteiger charge is -2.22. The Bertz CT molecular complexity index is 502. The summed E-state index contributed by atoms with van der Waals surface area (Å²) in [6.07, 6.45) is 5.79. The molecular formula is C20H32O4.